The zero-order valence-electron chi connectivity index (χ0n) is 13.1. The molecular formula is C15H24F3NO4. The molecule has 0 heterocycles. The van der Waals surface area contributed by atoms with Gasteiger partial charge in [-0.1, -0.05) is 32.6 Å². The van der Waals surface area contributed by atoms with Crippen molar-refractivity contribution in [1.29, 1.82) is 0 Å². The minimum atomic E-state index is -4.47. The lowest BCUT2D eigenvalue weighted by Gasteiger charge is -2.33. The number of hydroxylamine groups is 2. The summed E-state index contributed by atoms with van der Waals surface area (Å²) in [7, 11) is 0. The van der Waals surface area contributed by atoms with Crippen molar-refractivity contribution in [2.75, 3.05) is 0 Å². The number of amides is 1. The van der Waals surface area contributed by atoms with Crippen LogP contribution in [0.1, 0.15) is 51.9 Å². The van der Waals surface area contributed by atoms with E-state index in [1.807, 2.05) is 0 Å². The largest absolute Gasteiger partial charge is 0.481 e. The van der Waals surface area contributed by atoms with Crippen molar-refractivity contribution in [2.24, 2.45) is 17.8 Å². The molecule has 0 aromatic heterocycles. The van der Waals surface area contributed by atoms with E-state index in [-0.39, 0.29) is 23.8 Å². The standard InChI is InChI=1S/C15H24F3NO4/c1-10-2-4-11(5-3-10)8-12(14(21)22)13(19(23)9-20)6-7-15(16,17)18/h9-13,23H,2-8H2,1H3,(H,21,22)/t10?,11?,12-,13+/m1/s1. The van der Waals surface area contributed by atoms with Gasteiger partial charge in [-0.3, -0.25) is 14.8 Å². The molecule has 0 aromatic rings. The average Bonchev–Trinajstić information content (AvgIpc) is 2.46. The predicted octanol–water partition coefficient (Wildman–Crippen LogP) is 3.46. The first-order valence-electron chi connectivity index (χ1n) is 7.86. The maximum Gasteiger partial charge on any atom is 0.389 e. The van der Waals surface area contributed by atoms with Crippen LogP contribution in [0.5, 0.6) is 0 Å². The van der Waals surface area contributed by atoms with E-state index in [0.29, 0.717) is 5.92 Å². The Balaban J connectivity index is 2.78. The molecule has 8 heteroatoms. The molecule has 0 unspecified atom stereocenters. The fourth-order valence-corrected chi connectivity index (χ4v) is 3.25. The molecule has 2 N–H and O–H groups in total. The molecule has 1 aliphatic rings. The molecule has 2 atom stereocenters. The molecule has 0 radical (unpaired) electrons. The number of halogens is 3. The van der Waals surface area contributed by atoms with Crippen LogP contribution in [0, 0.1) is 17.8 Å². The van der Waals surface area contributed by atoms with Gasteiger partial charge in [0.05, 0.1) is 12.0 Å². The van der Waals surface area contributed by atoms with Crippen LogP contribution in [0.2, 0.25) is 0 Å². The molecule has 1 saturated carbocycles. The Labute approximate surface area is 133 Å². The Kier molecular flexibility index (Phi) is 7.31. The van der Waals surface area contributed by atoms with Crippen LogP contribution >= 0.6 is 0 Å². The first kappa shape index (κ1) is 19.7. The summed E-state index contributed by atoms with van der Waals surface area (Å²) in [6.07, 6.45) is -2.62. The van der Waals surface area contributed by atoms with E-state index < -0.39 is 36.9 Å². The normalized spacial score (nSPS) is 24.7. The quantitative estimate of drug-likeness (QED) is 0.403. The molecule has 0 bridgehead atoms. The van der Waals surface area contributed by atoms with Crippen molar-refractivity contribution >= 4 is 12.4 Å². The number of carboxylic acid groups (broad SMARTS) is 1. The molecule has 1 fully saturated rings. The smallest absolute Gasteiger partial charge is 0.389 e. The highest BCUT2D eigenvalue weighted by Gasteiger charge is 2.38. The maximum atomic E-state index is 12.4. The highest BCUT2D eigenvalue weighted by atomic mass is 19.4. The summed E-state index contributed by atoms with van der Waals surface area (Å²) in [5.74, 6) is -1.82. The van der Waals surface area contributed by atoms with Crippen molar-refractivity contribution in [1.82, 2.24) is 5.06 Å². The van der Waals surface area contributed by atoms with Gasteiger partial charge in [0, 0.05) is 6.42 Å². The van der Waals surface area contributed by atoms with Gasteiger partial charge in [-0.25, -0.2) is 5.06 Å². The zero-order valence-corrected chi connectivity index (χ0v) is 13.1. The maximum absolute atomic E-state index is 12.4. The third kappa shape index (κ3) is 6.76. The number of alkyl halides is 3. The second-order valence-corrected chi connectivity index (χ2v) is 6.51. The van der Waals surface area contributed by atoms with E-state index in [1.54, 1.807) is 0 Å². The lowest BCUT2D eigenvalue weighted by Crippen LogP contribution is -2.43. The van der Waals surface area contributed by atoms with Gasteiger partial charge in [0.15, 0.2) is 0 Å². The van der Waals surface area contributed by atoms with Crippen molar-refractivity contribution in [3.63, 3.8) is 0 Å². The van der Waals surface area contributed by atoms with Crippen LogP contribution < -0.4 is 0 Å². The Hall–Kier alpha value is -1.31. The summed E-state index contributed by atoms with van der Waals surface area (Å²) in [6, 6.07) is -1.37. The van der Waals surface area contributed by atoms with Crippen molar-refractivity contribution in [3.8, 4) is 0 Å². The number of nitrogens with zero attached hydrogens (tertiary/aromatic N) is 1. The molecule has 0 aliphatic heterocycles. The number of aliphatic carboxylic acids is 1. The Morgan fingerprint density at radius 1 is 1.30 bits per heavy atom. The summed E-state index contributed by atoms with van der Waals surface area (Å²) in [5, 5.41) is 19.0. The van der Waals surface area contributed by atoms with Gasteiger partial charge in [0.2, 0.25) is 6.41 Å². The average molecular weight is 339 g/mol. The van der Waals surface area contributed by atoms with Gasteiger partial charge >= 0.3 is 12.1 Å². The second kappa shape index (κ2) is 8.52. The number of hydrogen-bond donors (Lipinski definition) is 2. The summed E-state index contributed by atoms with van der Waals surface area (Å²) in [6.45, 7) is 2.11. The summed E-state index contributed by atoms with van der Waals surface area (Å²) in [5.41, 5.74) is 0. The van der Waals surface area contributed by atoms with E-state index >= 15 is 0 Å². The van der Waals surface area contributed by atoms with Crippen molar-refractivity contribution in [3.05, 3.63) is 0 Å². The Morgan fingerprint density at radius 2 is 1.87 bits per heavy atom. The van der Waals surface area contributed by atoms with E-state index in [9.17, 15) is 33.1 Å². The number of carboxylic acids is 1. The first-order valence-corrected chi connectivity index (χ1v) is 7.86. The second-order valence-electron chi connectivity index (χ2n) is 6.51. The molecule has 1 aliphatic carbocycles. The first-order chi connectivity index (χ1) is 10.6. The molecular weight excluding hydrogens is 315 g/mol. The molecule has 1 amide bonds. The van der Waals surface area contributed by atoms with E-state index in [4.69, 9.17) is 0 Å². The van der Waals surface area contributed by atoms with Gasteiger partial charge in [0.25, 0.3) is 0 Å². The zero-order chi connectivity index (χ0) is 17.6. The number of rotatable bonds is 8. The topological polar surface area (TPSA) is 77.8 Å². The highest BCUT2D eigenvalue weighted by molar-refractivity contribution is 5.71. The molecule has 5 nitrogen and oxygen atoms in total. The summed E-state index contributed by atoms with van der Waals surface area (Å²) < 4.78 is 37.2. The monoisotopic (exact) mass is 339 g/mol. The van der Waals surface area contributed by atoms with Gasteiger partial charge in [0.1, 0.15) is 0 Å². The van der Waals surface area contributed by atoms with E-state index in [2.05, 4.69) is 6.92 Å². The van der Waals surface area contributed by atoms with Crippen LogP contribution in [0.25, 0.3) is 0 Å². The fraction of sp³-hybridized carbons (Fsp3) is 0.867. The van der Waals surface area contributed by atoms with E-state index in [1.165, 1.54) is 0 Å². The van der Waals surface area contributed by atoms with Gasteiger partial charge in [-0.05, 0) is 24.7 Å². The van der Waals surface area contributed by atoms with Crippen LogP contribution in [0.4, 0.5) is 13.2 Å². The molecule has 0 saturated heterocycles. The molecule has 0 spiro atoms. The molecule has 134 valence electrons. The number of carbonyl (C=O) groups excluding carboxylic acids is 1. The van der Waals surface area contributed by atoms with Gasteiger partial charge in [-0.2, -0.15) is 13.2 Å². The predicted molar refractivity (Wildman–Crippen MR) is 75.6 cm³/mol. The molecule has 0 aromatic carbocycles. The molecule has 1 rings (SSSR count). The lowest BCUT2D eigenvalue weighted by molar-refractivity contribution is -0.182. The third-order valence-corrected chi connectivity index (χ3v) is 4.68. The van der Waals surface area contributed by atoms with Crippen LogP contribution in [0.15, 0.2) is 0 Å². The van der Waals surface area contributed by atoms with Crippen molar-refractivity contribution in [2.45, 2.75) is 64.1 Å². The Bertz CT molecular complexity index is 395. The number of carbonyl (C=O) groups is 2. The fourth-order valence-electron chi connectivity index (χ4n) is 3.25. The van der Waals surface area contributed by atoms with Crippen LogP contribution in [-0.4, -0.2) is 40.0 Å². The van der Waals surface area contributed by atoms with Crippen LogP contribution in [-0.2, 0) is 9.59 Å². The van der Waals surface area contributed by atoms with Gasteiger partial charge in [-0.15, -0.1) is 0 Å². The molecule has 23 heavy (non-hydrogen) atoms. The van der Waals surface area contributed by atoms with Gasteiger partial charge < -0.3 is 5.11 Å². The third-order valence-electron chi connectivity index (χ3n) is 4.68. The van der Waals surface area contributed by atoms with Crippen molar-refractivity contribution < 1.29 is 33.1 Å². The number of hydrogen-bond acceptors (Lipinski definition) is 3. The minimum absolute atomic E-state index is 0.0279. The highest BCUT2D eigenvalue weighted by Crippen LogP contribution is 2.35. The van der Waals surface area contributed by atoms with E-state index in [0.717, 1.165) is 25.7 Å². The Morgan fingerprint density at radius 3 is 2.30 bits per heavy atom. The lowest BCUT2D eigenvalue weighted by atomic mass is 9.76. The minimum Gasteiger partial charge on any atom is -0.481 e. The van der Waals surface area contributed by atoms with Crippen LogP contribution in [0.3, 0.4) is 0 Å². The summed E-state index contributed by atoms with van der Waals surface area (Å²) in [4.78, 5) is 22.2. The SMILES string of the molecule is CC1CCC(C[C@@H](C(=O)O)[C@H](CCC(F)(F)F)N(O)C=O)CC1. The summed E-state index contributed by atoms with van der Waals surface area (Å²) >= 11 is 0.